The van der Waals surface area contributed by atoms with Gasteiger partial charge in [-0.05, 0) is 42.7 Å². The Hall–Kier alpha value is -2.14. The number of benzene rings is 1. The predicted molar refractivity (Wildman–Crippen MR) is 87.5 cm³/mol. The summed E-state index contributed by atoms with van der Waals surface area (Å²) in [5.41, 5.74) is 9.24. The lowest BCUT2D eigenvalue weighted by molar-refractivity contribution is 0.0563. The van der Waals surface area contributed by atoms with E-state index in [-0.39, 0.29) is 18.2 Å². The zero-order valence-electron chi connectivity index (χ0n) is 12.4. The third-order valence-electron chi connectivity index (χ3n) is 3.78. The summed E-state index contributed by atoms with van der Waals surface area (Å²) in [5, 5.41) is 0. The lowest BCUT2D eigenvalue weighted by atomic mass is 10.00. The smallest absolute Gasteiger partial charge is 0.373 e. The second kappa shape index (κ2) is 6.75. The SMILES string of the molecule is COC(=O)c1ccc(CN2CCCc3c(N)cccc32)o1.Cl. The Kier molecular flexibility index (Phi) is 4.98. The first kappa shape index (κ1) is 16.2. The first-order valence-electron chi connectivity index (χ1n) is 6.98. The number of nitrogen functional groups attached to an aromatic ring is 1. The van der Waals surface area contributed by atoms with E-state index in [0.29, 0.717) is 6.54 Å². The normalized spacial score (nSPS) is 13.2. The summed E-state index contributed by atoms with van der Waals surface area (Å²) in [6.45, 7) is 1.57. The number of nitrogens with zero attached hydrogens (tertiary/aromatic N) is 1. The van der Waals surface area contributed by atoms with E-state index in [9.17, 15) is 4.79 Å². The molecule has 1 aliphatic rings. The van der Waals surface area contributed by atoms with Crippen molar-refractivity contribution in [2.24, 2.45) is 0 Å². The molecule has 22 heavy (non-hydrogen) atoms. The number of rotatable bonds is 3. The number of hydrogen-bond donors (Lipinski definition) is 1. The molecular weight excluding hydrogens is 304 g/mol. The number of esters is 1. The zero-order chi connectivity index (χ0) is 14.8. The van der Waals surface area contributed by atoms with Crippen LogP contribution in [0.3, 0.4) is 0 Å². The minimum absolute atomic E-state index is 0. The number of carbonyl (C=O) groups excluding carboxylic acids is 1. The Balaban J connectivity index is 0.00000176. The van der Waals surface area contributed by atoms with Gasteiger partial charge in [-0.15, -0.1) is 12.4 Å². The second-order valence-electron chi connectivity index (χ2n) is 5.13. The third-order valence-corrected chi connectivity index (χ3v) is 3.78. The number of ether oxygens (including phenoxy) is 1. The molecule has 0 amide bonds. The molecule has 2 N–H and O–H groups in total. The summed E-state index contributed by atoms with van der Waals surface area (Å²) in [4.78, 5) is 13.6. The lowest BCUT2D eigenvalue weighted by Crippen LogP contribution is -2.29. The molecule has 0 radical (unpaired) electrons. The fourth-order valence-electron chi connectivity index (χ4n) is 2.75. The van der Waals surface area contributed by atoms with Gasteiger partial charge in [-0.3, -0.25) is 0 Å². The Bertz CT molecular complexity index is 669. The molecule has 5 nitrogen and oxygen atoms in total. The average molecular weight is 323 g/mol. The van der Waals surface area contributed by atoms with Crippen molar-refractivity contribution in [3.8, 4) is 0 Å². The maximum absolute atomic E-state index is 11.4. The summed E-state index contributed by atoms with van der Waals surface area (Å²) in [7, 11) is 1.34. The van der Waals surface area contributed by atoms with Gasteiger partial charge in [0.25, 0.3) is 0 Å². The van der Waals surface area contributed by atoms with Crippen LogP contribution in [0.25, 0.3) is 0 Å². The monoisotopic (exact) mass is 322 g/mol. The summed E-state index contributed by atoms with van der Waals surface area (Å²) >= 11 is 0. The van der Waals surface area contributed by atoms with E-state index in [4.69, 9.17) is 10.2 Å². The largest absolute Gasteiger partial charge is 0.463 e. The molecule has 0 fully saturated rings. The predicted octanol–water partition coefficient (Wildman–Crippen LogP) is 3.02. The zero-order valence-corrected chi connectivity index (χ0v) is 13.2. The number of fused-ring (bicyclic) bond motifs is 1. The molecule has 0 unspecified atom stereocenters. The Morgan fingerprint density at radius 2 is 2.18 bits per heavy atom. The van der Waals surface area contributed by atoms with Crippen LogP contribution in [0.15, 0.2) is 34.7 Å². The lowest BCUT2D eigenvalue weighted by Gasteiger charge is -2.31. The maximum Gasteiger partial charge on any atom is 0.373 e. The van der Waals surface area contributed by atoms with Crippen LogP contribution in [-0.4, -0.2) is 19.6 Å². The van der Waals surface area contributed by atoms with E-state index in [1.165, 1.54) is 12.7 Å². The van der Waals surface area contributed by atoms with E-state index < -0.39 is 5.97 Å². The number of furan rings is 1. The number of methoxy groups -OCH3 is 1. The van der Waals surface area contributed by atoms with Crippen molar-refractivity contribution >= 4 is 29.8 Å². The minimum Gasteiger partial charge on any atom is -0.463 e. The number of hydrogen-bond acceptors (Lipinski definition) is 5. The van der Waals surface area contributed by atoms with Crippen LogP contribution in [0, 0.1) is 0 Å². The van der Waals surface area contributed by atoms with E-state index in [1.807, 2.05) is 18.2 Å². The van der Waals surface area contributed by atoms with Gasteiger partial charge in [0, 0.05) is 17.9 Å². The van der Waals surface area contributed by atoms with Crippen molar-refractivity contribution in [3.05, 3.63) is 47.4 Å². The van der Waals surface area contributed by atoms with E-state index in [1.54, 1.807) is 6.07 Å². The van der Waals surface area contributed by atoms with Gasteiger partial charge in [-0.1, -0.05) is 6.07 Å². The molecule has 1 aliphatic heterocycles. The molecule has 6 heteroatoms. The van der Waals surface area contributed by atoms with Gasteiger partial charge in [0.15, 0.2) is 0 Å². The summed E-state index contributed by atoms with van der Waals surface area (Å²) in [6, 6.07) is 9.44. The highest BCUT2D eigenvalue weighted by Crippen LogP contribution is 2.32. The van der Waals surface area contributed by atoms with Gasteiger partial charge in [0.2, 0.25) is 5.76 Å². The summed E-state index contributed by atoms with van der Waals surface area (Å²) in [6.07, 6.45) is 2.07. The van der Waals surface area contributed by atoms with Crippen molar-refractivity contribution in [2.45, 2.75) is 19.4 Å². The van der Waals surface area contributed by atoms with Crippen LogP contribution in [0.5, 0.6) is 0 Å². The van der Waals surface area contributed by atoms with Crippen molar-refractivity contribution < 1.29 is 13.9 Å². The highest BCUT2D eigenvalue weighted by molar-refractivity contribution is 5.86. The van der Waals surface area contributed by atoms with Crippen molar-refractivity contribution in [2.75, 3.05) is 24.3 Å². The van der Waals surface area contributed by atoms with E-state index >= 15 is 0 Å². The van der Waals surface area contributed by atoms with Gasteiger partial charge >= 0.3 is 5.97 Å². The number of nitrogens with two attached hydrogens (primary N) is 1. The first-order chi connectivity index (χ1) is 10.2. The molecule has 0 saturated heterocycles. The van der Waals surface area contributed by atoms with Crippen molar-refractivity contribution in [3.63, 3.8) is 0 Å². The Morgan fingerprint density at radius 3 is 2.95 bits per heavy atom. The van der Waals surface area contributed by atoms with Crippen LogP contribution >= 0.6 is 12.4 Å². The molecule has 118 valence electrons. The second-order valence-corrected chi connectivity index (χ2v) is 5.13. The van der Waals surface area contributed by atoms with Gasteiger partial charge < -0.3 is 19.8 Å². The molecule has 2 aromatic rings. The van der Waals surface area contributed by atoms with Crippen LogP contribution in [-0.2, 0) is 17.7 Å². The highest BCUT2D eigenvalue weighted by Gasteiger charge is 2.20. The molecule has 0 atom stereocenters. The van der Waals surface area contributed by atoms with Gasteiger partial charge in [-0.25, -0.2) is 4.79 Å². The van der Waals surface area contributed by atoms with Crippen molar-refractivity contribution in [1.82, 2.24) is 0 Å². The quantitative estimate of drug-likeness (QED) is 0.695. The fraction of sp³-hybridized carbons (Fsp3) is 0.312. The van der Waals surface area contributed by atoms with Crippen molar-refractivity contribution in [1.29, 1.82) is 0 Å². The maximum atomic E-state index is 11.4. The fourth-order valence-corrected chi connectivity index (χ4v) is 2.75. The molecule has 3 rings (SSSR count). The minimum atomic E-state index is -0.454. The van der Waals surface area contributed by atoms with Crippen LogP contribution in [0.1, 0.15) is 28.3 Å². The molecule has 0 spiro atoms. The van der Waals surface area contributed by atoms with Gasteiger partial charge in [-0.2, -0.15) is 0 Å². The summed E-state index contributed by atoms with van der Waals surface area (Å²) in [5.74, 6) is 0.521. The van der Waals surface area contributed by atoms with Crippen LogP contribution in [0.4, 0.5) is 11.4 Å². The van der Waals surface area contributed by atoms with E-state index in [0.717, 1.165) is 36.5 Å². The summed E-state index contributed by atoms with van der Waals surface area (Å²) < 4.78 is 10.2. The molecule has 1 aromatic carbocycles. The number of halogens is 1. The first-order valence-corrected chi connectivity index (χ1v) is 6.98. The number of carbonyl (C=O) groups is 1. The number of anilines is 2. The molecule has 0 aliphatic carbocycles. The average Bonchev–Trinajstić information content (AvgIpc) is 2.96. The highest BCUT2D eigenvalue weighted by atomic mass is 35.5. The van der Waals surface area contributed by atoms with Crippen LogP contribution in [0.2, 0.25) is 0 Å². The molecule has 2 heterocycles. The molecule has 1 aromatic heterocycles. The molecule has 0 saturated carbocycles. The van der Waals surface area contributed by atoms with E-state index in [2.05, 4.69) is 15.7 Å². The van der Waals surface area contributed by atoms with Crippen LogP contribution < -0.4 is 10.6 Å². The van der Waals surface area contributed by atoms with Gasteiger partial charge in [0.1, 0.15) is 5.76 Å². The third kappa shape index (κ3) is 3.04. The Morgan fingerprint density at radius 1 is 1.36 bits per heavy atom. The standard InChI is InChI=1S/C16H18N2O3.ClH/c1-20-16(19)15-8-7-11(21-15)10-18-9-3-4-12-13(17)5-2-6-14(12)18;/h2,5-8H,3-4,9-10,17H2,1H3;1H. The molecular formula is C16H19ClN2O3. The topological polar surface area (TPSA) is 68.7 Å². The van der Waals surface area contributed by atoms with Gasteiger partial charge in [0.05, 0.1) is 13.7 Å². The Labute approximate surface area is 135 Å². The molecule has 0 bridgehead atoms.